The van der Waals surface area contributed by atoms with Gasteiger partial charge < -0.3 is 5.11 Å². The van der Waals surface area contributed by atoms with Crippen molar-refractivity contribution in [2.75, 3.05) is 7.05 Å². The largest absolute Gasteiger partial charge is 0.480 e. The Labute approximate surface area is 118 Å². The third-order valence-electron chi connectivity index (χ3n) is 4.82. The highest BCUT2D eigenvalue weighted by Gasteiger charge is 2.35. The van der Waals surface area contributed by atoms with Crippen LogP contribution in [0.5, 0.6) is 0 Å². The zero-order valence-corrected chi connectivity index (χ0v) is 13.4. The lowest BCUT2D eigenvalue weighted by molar-refractivity contribution is -0.146. The van der Waals surface area contributed by atoms with Crippen molar-refractivity contribution in [3.05, 3.63) is 0 Å². The molecule has 1 fully saturated rings. The van der Waals surface area contributed by atoms with Crippen molar-refractivity contribution >= 4 is 5.97 Å². The molecule has 1 rings (SSSR count). The van der Waals surface area contributed by atoms with Crippen LogP contribution in [0.3, 0.4) is 0 Å². The molecule has 0 bridgehead atoms. The first-order chi connectivity index (χ1) is 8.64. The number of carboxylic acid groups (broad SMARTS) is 1. The van der Waals surface area contributed by atoms with Crippen molar-refractivity contribution in [1.29, 1.82) is 0 Å². The van der Waals surface area contributed by atoms with Crippen LogP contribution in [0, 0.1) is 17.3 Å². The number of carboxylic acids is 1. The van der Waals surface area contributed by atoms with E-state index < -0.39 is 5.97 Å². The fraction of sp³-hybridized carbons (Fsp3) is 0.938. The monoisotopic (exact) mass is 269 g/mol. The van der Waals surface area contributed by atoms with E-state index >= 15 is 0 Å². The number of hydrogen-bond acceptors (Lipinski definition) is 2. The smallest absolute Gasteiger partial charge is 0.321 e. The van der Waals surface area contributed by atoms with Crippen LogP contribution < -0.4 is 0 Å². The Balaban J connectivity index is 2.62. The van der Waals surface area contributed by atoms with Gasteiger partial charge in [-0.25, -0.2) is 0 Å². The molecule has 1 saturated carbocycles. The predicted octanol–water partition coefficient (Wildman–Crippen LogP) is 3.63. The summed E-state index contributed by atoms with van der Waals surface area (Å²) < 4.78 is 0. The Morgan fingerprint density at radius 2 is 1.63 bits per heavy atom. The zero-order chi connectivity index (χ0) is 14.8. The lowest BCUT2D eigenvalue weighted by Gasteiger charge is -2.42. The number of likely N-dealkylation sites (N-methyl/N-ethyl adjacent to an activating group) is 1. The summed E-state index contributed by atoms with van der Waals surface area (Å²) in [6.45, 7) is 10.9. The van der Waals surface area contributed by atoms with Crippen LogP contribution in [-0.2, 0) is 4.79 Å². The molecule has 1 aliphatic rings. The van der Waals surface area contributed by atoms with Gasteiger partial charge in [0.1, 0.15) is 6.04 Å². The summed E-state index contributed by atoms with van der Waals surface area (Å²) in [4.78, 5) is 13.5. The summed E-state index contributed by atoms with van der Waals surface area (Å²) >= 11 is 0. The Hall–Kier alpha value is -0.570. The molecule has 112 valence electrons. The molecule has 0 spiro atoms. The maximum atomic E-state index is 11.4. The second-order valence-corrected chi connectivity index (χ2v) is 7.56. The number of aliphatic carboxylic acids is 1. The number of rotatable bonds is 4. The summed E-state index contributed by atoms with van der Waals surface area (Å²) in [7, 11) is 1.99. The third-order valence-corrected chi connectivity index (χ3v) is 4.82. The molecule has 0 radical (unpaired) electrons. The molecule has 3 nitrogen and oxygen atoms in total. The minimum absolute atomic E-state index is 0.155. The number of nitrogens with zero attached hydrogens (tertiary/aromatic N) is 1. The van der Waals surface area contributed by atoms with Crippen molar-refractivity contribution < 1.29 is 9.90 Å². The van der Waals surface area contributed by atoms with Gasteiger partial charge in [-0.15, -0.1) is 0 Å². The average molecular weight is 269 g/mol. The Morgan fingerprint density at radius 3 is 1.95 bits per heavy atom. The quantitative estimate of drug-likeness (QED) is 0.847. The minimum Gasteiger partial charge on any atom is -0.480 e. The molecule has 1 unspecified atom stereocenters. The Bertz CT molecular complexity index is 298. The summed E-state index contributed by atoms with van der Waals surface area (Å²) in [5.74, 6) is 0.248. The lowest BCUT2D eigenvalue weighted by Crippen LogP contribution is -2.49. The fourth-order valence-corrected chi connectivity index (χ4v) is 3.51. The maximum absolute atomic E-state index is 11.4. The molecule has 0 saturated heterocycles. The highest BCUT2D eigenvalue weighted by molar-refractivity contribution is 5.73. The van der Waals surface area contributed by atoms with E-state index in [0.717, 1.165) is 18.8 Å². The summed E-state index contributed by atoms with van der Waals surface area (Å²) in [6.07, 6.45) is 4.72. The fourth-order valence-electron chi connectivity index (χ4n) is 3.51. The van der Waals surface area contributed by atoms with Crippen molar-refractivity contribution in [1.82, 2.24) is 4.90 Å². The van der Waals surface area contributed by atoms with Crippen LogP contribution in [-0.4, -0.2) is 35.1 Å². The van der Waals surface area contributed by atoms with Gasteiger partial charge in [0.2, 0.25) is 0 Å². The van der Waals surface area contributed by atoms with Gasteiger partial charge in [-0.2, -0.15) is 0 Å². The van der Waals surface area contributed by atoms with Gasteiger partial charge in [0.05, 0.1) is 0 Å². The van der Waals surface area contributed by atoms with Gasteiger partial charge in [-0.3, -0.25) is 9.69 Å². The molecule has 1 aliphatic carbocycles. The van der Waals surface area contributed by atoms with E-state index in [-0.39, 0.29) is 12.0 Å². The van der Waals surface area contributed by atoms with E-state index in [9.17, 15) is 9.90 Å². The van der Waals surface area contributed by atoms with Gasteiger partial charge in [-0.1, -0.05) is 34.6 Å². The first kappa shape index (κ1) is 16.5. The van der Waals surface area contributed by atoms with Gasteiger partial charge in [0.25, 0.3) is 0 Å². The van der Waals surface area contributed by atoms with Gasteiger partial charge in [0.15, 0.2) is 0 Å². The molecule has 0 heterocycles. The van der Waals surface area contributed by atoms with E-state index in [1.54, 1.807) is 0 Å². The van der Waals surface area contributed by atoms with Crippen LogP contribution in [0.15, 0.2) is 0 Å². The zero-order valence-electron chi connectivity index (χ0n) is 13.4. The van der Waals surface area contributed by atoms with Crippen molar-refractivity contribution in [3.63, 3.8) is 0 Å². The van der Waals surface area contributed by atoms with Crippen molar-refractivity contribution in [2.24, 2.45) is 17.3 Å². The maximum Gasteiger partial charge on any atom is 0.321 e. The third kappa shape index (κ3) is 4.20. The summed E-state index contributed by atoms with van der Waals surface area (Å²) in [6, 6.07) is 0.0817. The Morgan fingerprint density at radius 1 is 1.16 bits per heavy atom. The van der Waals surface area contributed by atoms with Crippen LogP contribution in [0.2, 0.25) is 0 Å². The van der Waals surface area contributed by atoms with E-state index in [1.165, 1.54) is 12.8 Å². The van der Waals surface area contributed by atoms with E-state index in [0.29, 0.717) is 11.5 Å². The number of hydrogen-bond donors (Lipinski definition) is 1. The van der Waals surface area contributed by atoms with Crippen LogP contribution in [0.1, 0.15) is 60.3 Å². The van der Waals surface area contributed by atoms with E-state index in [1.807, 2.05) is 20.9 Å². The summed E-state index contributed by atoms with van der Waals surface area (Å²) in [5, 5.41) is 9.38. The molecule has 0 aromatic carbocycles. The molecule has 0 aromatic heterocycles. The van der Waals surface area contributed by atoms with Crippen LogP contribution in [0.4, 0.5) is 0 Å². The topological polar surface area (TPSA) is 40.5 Å². The minimum atomic E-state index is -0.685. The molecular formula is C16H31NO2. The van der Waals surface area contributed by atoms with Gasteiger partial charge in [0, 0.05) is 6.04 Å². The molecule has 0 aliphatic heterocycles. The molecule has 0 amide bonds. The SMILES string of the molecule is CC(C)C(C(=O)O)N(C)C1CCC(C(C)(C)C)CC1. The molecule has 3 heteroatoms. The van der Waals surface area contributed by atoms with Gasteiger partial charge in [-0.05, 0) is 50.0 Å². The Kier molecular flexibility index (Phi) is 5.43. The molecule has 1 N–H and O–H groups in total. The van der Waals surface area contributed by atoms with Crippen LogP contribution in [0.25, 0.3) is 0 Å². The van der Waals surface area contributed by atoms with Crippen LogP contribution >= 0.6 is 0 Å². The second-order valence-electron chi connectivity index (χ2n) is 7.56. The van der Waals surface area contributed by atoms with E-state index in [4.69, 9.17) is 0 Å². The van der Waals surface area contributed by atoms with Gasteiger partial charge >= 0.3 is 5.97 Å². The predicted molar refractivity (Wildman–Crippen MR) is 79.2 cm³/mol. The first-order valence-electron chi connectivity index (χ1n) is 7.59. The van der Waals surface area contributed by atoms with E-state index in [2.05, 4.69) is 25.7 Å². The van der Waals surface area contributed by atoms with Crippen molar-refractivity contribution in [3.8, 4) is 0 Å². The summed E-state index contributed by atoms with van der Waals surface area (Å²) in [5.41, 5.74) is 0.383. The lowest BCUT2D eigenvalue weighted by atomic mass is 9.71. The highest BCUT2D eigenvalue weighted by Crippen LogP contribution is 2.39. The molecule has 0 aromatic rings. The molecule has 1 atom stereocenters. The average Bonchev–Trinajstić information content (AvgIpc) is 2.27. The highest BCUT2D eigenvalue weighted by atomic mass is 16.4. The first-order valence-corrected chi connectivity index (χ1v) is 7.59. The molecular weight excluding hydrogens is 238 g/mol. The molecule has 19 heavy (non-hydrogen) atoms. The van der Waals surface area contributed by atoms with Crippen molar-refractivity contribution in [2.45, 2.75) is 72.4 Å². The standard InChI is InChI=1S/C16H31NO2/c1-11(2)14(15(18)19)17(6)13-9-7-12(8-10-13)16(3,4)5/h11-14H,7-10H2,1-6H3,(H,18,19). The normalized spacial score (nSPS) is 26.7. The number of carbonyl (C=O) groups is 1. The second kappa shape index (κ2) is 6.25.